The molecular weight excluding hydrogens is 193 g/mol. The van der Waals surface area contributed by atoms with Gasteiger partial charge < -0.3 is 0 Å². The number of rotatable bonds is 2. The van der Waals surface area contributed by atoms with Crippen LogP contribution in [0.5, 0.6) is 0 Å². The number of halogens is 2. The van der Waals surface area contributed by atoms with Crippen LogP contribution in [-0.2, 0) is 0 Å². The zero-order chi connectivity index (χ0) is 8.97. The van der Waals surface area contributed by atoms with E-state index in [1.807, 2.05) is 42.1 Å². The van der Waals surface area contributed by atoms with Gasteiger partial charge in [-0.1, -0.05) is 17.7 Å². The molecule has 64 valence electrons. The Morgan fingerprint density at radius 3 is 2.92 bits per heavy atom. The van der Waals surface area contributed by atoms with E-state index in [1.165, 1.54) is 0 Å². The molecule has 0 aliphatic heterocycles. The highest BCUT2D eigenvalue weighted by atomic mass is 35.5. The molecule has 0 amide bonds. The van der Waals surface area contributed by atoms with Crippen molar-refractivity contribution in [2.24, 2.45) is 0 Å². The van der Waals surface area contributed by atoms with Gasteiger partial charge in [0.2, 0.25) is 0 Å². The summed E-state index contributed by atoms with van der Waals surface area (Å²) in [6.07, 6.45) is 3.74. The summed E-state index contributed by atoms with van der Waals surface area (Å²) in [4.78, 5) is 0. The van der Waals surface area contributed by atoms with Crippen LogP contribution in [-0.4, -0.2) is 5.88 Å². The Balaban J connectivity index is 2.96. The fraction of sp³-hybridized carbons (Fsp3) is 0.222. The first-order valence-electron chi connectivity index (χ1n) is 3.63. The van der Waals surface area contributed by atoms with Crippen molar-refractivity contribution in [3.05, 3.63) is 35.1 Å². The number of allylic oxidation sites excluding steroid dienone is 1. The number of alkyl halides is 1. The molecule has 0 saturated heterocycles. The molecule has 0 atom stereocenters. The number of pyridine rings is 1. The fourth-order valence-corrected chi connectivity index (χ4v) is 1.05. The molecule has 0 saturated carbocycles. The van der Waals surface area contributed by atoms with E-state index in [4.69, 9.17) is 23.2 Å². The minimum Gasteiger partial charge on any atom is -0.170 e. The summed E-state index contributed by atoms with van der Waals surface area (Å²) in [6, 6.07) is 5.94. The highest BCUT2D eigenvalue weighted by Crippen LogP contribution is 2.02. The highest BCUT2D eigenvalue weighted by molar-refractivity contribution is 6.36. The summed E-state index contributed by atoms with van der Waals surface area (Å²) in [5.41, 5.74) is 1.13. The van der Waals surface area contributed by atoms with Crippen LogP contribution >= 0.6 is 23.2 Å². The zero-order valence-electron chi connectivity index (χ0n) is 6.80. The number of hydrogen-bond acceptors (Lipinski definition) is 0. The van der Waals surface area contributed by atoms with Crippen LogP contribution in [0.25, 0.3) is 6.20 Å². The van der Waals surface area contributed by atoms with E-state index < -0.39 is 0 Å². The summed E-state index contributed by atoms with van der Waals surface area (Å²) in [5, 5.41) is 0.635. The van der Waals surface area contributed by atoms with E-state index in [1.54, 1.807) is 0 Å². The quantitative estimate of drug-likeness (QED) is 0.513. The lowest BCUT2D eigenvalue weighted by Gasteiger charge is -1.92. The first-order valence-corrected chi connectivity index (χ1v) is 4.54. The van der Waals surface area contributed by atoms with Crippen molar-refractivity contribution in [3.8, 4) is 0 Å². The van der Waals surface area contributed by atoms with Gasteiger partial charge in [-0.25, -0.2) is 0 Å². The van der Waals surface area contributed by atoms with Crippen LogP contribution in [0.15, 0.2) is 29.4 Å². The molecule has 1 heterocycles. The van der Waals surface area contributed by atoms with Gasteiger partial charge in [0.25, 0.3) is 0 Å². The molecule has 0 radical (unpaired) electrons. The molecule has 0 N–H and O–H groups in total. The largest absolute Gasteiger partial charge is 0.190 e. The Kier molecular flexibility index (Phi) is 3.57. The van der Waals surface area contributed by atoms with Crippen LogP contribution < -0.4 is 4.57 Å². The Hall–Kier alpha value is -0.530. The third-order valence-electron chi connectivity index (χ3n) is 1.51. The van der Waals surface area contributed by atoms with Crippen molar-refractivity contribution >= 4 is 29.4 Å². The van der Waals surface area contributed by atoms with Gasteiger partial charge in [-0.15, -0.1) is 11.6 Å². The van der Waals surface area contributed by atoms with Gasteiger partial charge in [0.15, 0.2) is 18.1 Å². The standard InChI is InChI=1S/C9H10Cl2N/c1-8-4-2-3-5-12(8)7-9(11)6-10/h2-5,7H,6H2,1H3/q+1. The molecular formula is C9H10Cl2N+. The number of nitrogens with zero attached hydrogens (tertiary/aromatic N) is 1. The SMILES string of the molecule is Cc1cccc[n+]1C=C(Cl)CCl. The minimum absolute atomic E-state index is 0.350. The van der Waals surface area contributed by atoms with Gasteiger partial charge >= 0.3 is 0 Å². The molecule has 1 rings (SSSR count). The molecule has 0 spiro atoms. The summed E-state index contributed by atoms with van der Waals surface area (Å²) in [5.74, 6) is 0.350. The molecule has 0 aromatic carbocycles. The van der Waals surface area contributed by atoms with Crippen molar-refractivity contribution in [3.63, 3.8) is 0 Å². The molecule has 1 aromatic rings. The van der Waals surface area contributed by atoms with E-state index in [0.29, 0.717) is 10.9 Å². The molecule has 0 fully saturated rings. The monoisotopic (exact) mass is 202 g/mol. The zero-order valence-corrected chi connectivity index (χ0v) is 8.31. The van der Waals surface area contributed by atoms with Gasteiger partial charge in [0.05, 0.1) is 10.9 Å². The first kappa shape index (κ1) is 9.56. The highest BCUT2D eigenvalue weighted by Gasteiger charge is 2.01. The van der Waals surface area contributed by atoms with Crippen LogP contribution in [0.1, 0.15) is 5.69 Å². The molecule has 1 aromatic heterocycles. The smallest absolute Gasteiger partial charge is 0.170 e. The third-order valence-corrected chi connectivity index (χ3v) is 2.17. The minimum atomic E-state index is 0.350. The maximum atomic E-state index is 5.78. The van der Waals surface area contributed by atoms with E-state index in [9.17, 15) is 0 Å². The third kappa shape index (κ3) is 2.50. The summed E-state index contributed by atoms with van der Waals surface area (Å²) in [7, 11) is 0. The number of aryl methyl sites for hydroxylation is 1. The van der Waals surface area contributed by atoms with Gasteiger partial charge in [-0.3, -0.25) is 0 Å². The number of hydrogen-bond donors (Lipinski definition) is 0. The fourth-order valence-electron chi connectivity index (χ4n) is 0.871. The maximum absolute atomic E-state index is 5.78. The van der Waals surface area contributed by atoms with Crippen molar-refractivity contribution in [1.29, 1.82) is 0 Å². The Bertz CT molecular complexity index is 294. The maximum Gasteiger partial charge on any atom is 0.190 e. The molecule has 12 heavy (non-hydrogen) atoms. The average molecular weight is 203 g/mol. The molecule has 1 nitrogen and oxygen atoms in total. The van der Waals surface area contributed by atoms with E-state index >= 15 is 0 Å². The lowest BCUT2D eigenvalue weighted by atomic mass is 10.4. The van der Waals surface area contributed by atoms with Crippen molar-refractivity contribution in [2.75, 3.05) is 5.88 Å². The predicted octanol–water partition coefficient (Wildman–Crippen LogP) is 2.56. The second kappa shape index (κ2) is 4.48. The average Bonchev–Trinajstić information content (AvgIpc) is 2.09. The number of aromatic nitrogens is 1. The van der Waals surface area contributed by atoms with Crippen LogP contribution in [0.4, 0.5) is 0 Å². The van der Waals surface area contributed by atoms with E-state index in [2.05, 4.69) is 0 Å². The van der Waals surface area contributed by atoms with Crippen LogP contribution in [0.2, 0.25) is 0 Å². The summed E-state index contributed by atoms with van der Waals surface area (Å²) < 4.78 is 1.94. The normalized spacial score (nSPS) is 11.8. The Morgan fingerprint density at radius 1 is 1.58 bits per heavy atom. The van der Waals surface area contributed by atoms with Crippen molar-refractivity contribution in [2.45, 2.75) is 6.92 Å². The van der Waals surface area contributed by atoms with E-state index in [0.717, 1.165) is 5.69 Å². The lowest BCUT2D eigenvalue weighted by molar-refractivity contribution is -0.575. The van der Waals surface area contributed by atoms with Crippen LogP contribution in [0, 0.1) is 6.92 Å². The van der Waals surface area contributed by atoms with Crippen molar-refractivity contribution in [1.82, 2.24) is 0 Å². The summed E-state index contributed by atoms with van der Waals surface area (Å²) in [6.45, 7) is 2.01. The molecule has 0 unspecified atom stereocenters. The second-order valence-electron chi connectivity index (χ2n) is 2.46. The second-order valence-corrected chi connectivity index (χ2v) is 3.21. The predicted molar refractivity (Wildman–Crippen MR) is 52.2 cm³/mol. The molecule has 0 aliphatic carbocycles. The first-order chi connectivity index (χ1) is 5.74. The van der Waals surface area contributed by atoms with E-state index in [-0.39, 0.29) is 0 Å². The topological polar surface area (TPSA) is 3.88 Å². The molecule has 0 aliphatic rings. The van der Waals surface area contributed by atoms with Gasteiger partial charge in [0.1, 0.15) is 0 Å². The van der Waals surface area contributed by atoms with Crippen molar-refractivity contribution < 1.29 is 4.57 Å². The Labute approximate surface area is 82.2 Å². The van der Waals surface area contributed by atoms with Gasteiger partial charge in [0, 0.05) is 19.1 Å². The molecule has 0 bridgehead atoms. The lowest BCUT2D eigenvalue weighted by Crippen LogP contribution is -2.29. The summed E-state index contributed by atoms with van der Waals surface area (Å²) >= 11 is 11.3. The van der Waals surface area contributed by atoms with Gasteiger partial charge in [-0.05, 0) is 0 Å². The Morgan fingerprint density at radius 2 is 2.33 bits per heavy atom. The van der Waals surface area contributed by atoms with Crippen LogP contribution in [0.3, 0.4) is 0 Å². The molecule has 3 heteroatoms. The van der Waals surface area contributed by atoms with Gasteiger partial charge in [-0.2, -0.15) is 4.57 Å².